The minimum atomic E-state index is -0.890. The molecule has 1 aromatic carbocycles. The predicted octanol–water partition coefficient (Wildman–Crippen LogP) is 1.06. The van der Waals surface area contributed by atoms with Crippen LogP contribution in [-0.2, 0) is 17.9 Å². The third kappa shape index (κ3) is 3.67. The van der Waals surface area contributed by atoms with Crippen LogP contribution in [0.3, 0.4) is 0 Å². The lowest BCUT2D eigenvalue weighted by Gasteiger charge is -2.09. The van der Waals surface area contributed by atoms with E-state index in [0.29, 0.717) is 17.6 Å². The van der Waals surface area contributed by atoms with Crippen molar-refractivity contribution < 1.29 is 27.6 Å². The van der Waals surface area contributed by atoms with Gasteiger partial charge in [0.05, 0.1) is 29.7 Å². The van der Waals surface area contributed by atoms with Crippen molar-refractivity contribution in [2.45, 2.75) is 20.1 Å². The van der Waals surface area contributed by atoms with Gasteiger partial charge in [-0.25, -0.2) is 14.4 Å². The van der Waals surface area contributed by atoms with Crippen molar-refractivity contribution in [1.82, 2.24) is 19.7 Å². The second-order valence-electron chi connectivity index (χ2n) is 5.76. The zero-order valence-corrected chi connectivity index (χ0v) is 15.0. The van der Waals surface area contributed by atoms with E-state index >= 15 is 0 Å². The van der Waals surface area contributed by atoms with E-state index in [4.69, 9.17) is 13.9 Å². The number of imidazole rings is 1. The molecule has 0 spiro atoms. The zero-order valence-electron chi connectivity index (χ0n) is 15.0. The predicted molar refractivity (Wildman–Crippen MR) is 93.5 cm³/mol. The third-order valence-corrected chi connectivity index (χ3v) is 3.86. The van der Waals surface area contributed by atoms with Gasteiger partial charge >= 0.3 is 17.5 Å². The van der Waals surface area contributed by atoms with E-state index in [0.717, 1.165) is 6.26 Å². The first-order valence-corrected chi connectivity index (χ1v) is 8.46. The van der Waals surface area contributed by atoms with Crippen LogP contribution in [0.2, 0.25) is 0 Å². The number of nitrogens with one attached hydrogen (secondary N) is 1. The molecule has 0 amide bonds. The summed E-state index contributed by atoms with van der Waals surface area (Å²) in [6.45, 7) is 1.87. The Bertz CT molecular complexity index is 1270. The van der Waals surface area contributed by atoms with Gasteiger partial charge in [0.2, 0.25) is 0 Å². The molecule has 1 N–H and O–H groups in total. The van der Waals surface area contributed by atoms with Gasteiger partial charge in [-0.3, -0.25) is 14.1 Å². The number of aromatic amines is 1. The highest BCUT2D eigenvalue weighted by Gasteiger charge is 2.21. The van der Waals surface area contributed by atoms with Crippen LogP contribution in [0.1, 0.15) is 28.9 Å². The smallest absolute Gasteiger partial charge is 0.465 e. The normalized spacial score (nSPS) is 11.1. The molecule has 4 rings (SSSR count). The van der Waals surface area contributed by atoms with Crippen LogP contribution in [0.4, 0.5) is 0 Å². The number of hydrogen-bond donors (Lipinski definition) is 1. The van der Waals surface area contributed by atoms with Gasteiger partial charge in [0.1, 0.15) is 6.26 Å². The van der Waals surface area contributed by atoms with E-state index in [2.05, 4.69) is 24.1 Å². The van der Waals surface area contributed by atoms with Crippen molar-refractivity contribution >= 4 is 17.0 Å². The van der Waals surface area contributed by atoms with Gasteiger partial charge in [-0.2, -0.15) is 4.98 Å². The molecule has 0 radical (unpaired) electrons. The molecule has 12 heteroatoms. The first kappa shape index (κ1) is 18.3. The standard InChI is InChI=1S/C17H14N4O8/c1-2-25-15-18-11-5-3-4-10(14(22)26-7-9-8-27-17(24)28-9)13(11)21(15)6-12-19-16(23)29-20-12/h3-5,8H,2,6-7H2,1H3,(H,19,20,23). The number of rotatable bonds is 7. The van der Waals surface area contributed by atoms with Gasteiger partial charge in [-0.15, -0.1) is 0 Å². The van der Waals surface area contributed by atoms with Crippen molar-refractivity contribution in [3.8, 4) is 6.01 Å². The highest BCUT2D eigenvalue weighted by molar-refractivity contribution is 6.02. The van der Waals surface area contributed by atoms with Crippen molar-refractivity contribution in [1.29, 1.82) is 0 Å². The summed E-state index contributed by atoms with van der Waals surface area (Å²) in [5, 5.41) is 3.64. The van der Waals surface area contributed by atoms with Crippen molar-refractivity contribution in [3.05, 3.63) is 62.8 Å². The molecule has 12 nitrogen and oxygen atoms in total. The SMILES string of the molecule is CCOc1nc2cccc(C(=O)OCc3coc(=O)o3)c2n1Cc1noc(=O)[nH]1. The second-order valence-corrected chi connectivity index (χ2v) is 5.76. The van der Waals surface area contributed by atoms with Crippen molar-refractivity contribution in [2.24, 2.45) is 0 Å². The molecule has 0 unspecified atom stereocenters. The molecule has 29 heavy (non-hydrogen) atoms. The number of carbonyl (C=O) groups excluding carboxylic acids is 1. The monoisotopic (exact) mass is 402 g/mol. The average Bonchev–Trinajstić information content (AvgIpc) is 3.40. The molecule has 4 aromatic rings. The lowest BCUT2D eigenvalue weighted by Crippen LogP contribution is -2.11. The van der Waals surface area contributed by atoms with Gasteiger partial charge in [0, 0.05) is 0 Å². The summed E-state index contributed by atoms with van der Waals surface area (Å²) in [6.07, 6.45) is 1.06. The van der Waals surface area contributed by atoms with Crippen LogP contribution in [0.25, 0.3) is 11.0 Å². The average molecular weight is 402 g/mol. The summed E-state index contributed by atoms with van der Waals surface area (Å²) in [6, 6.07) is 5.12. The first-order valence-electron chi connectivity index (χ1n) is 8.46. The summed E-state index contributed by atoms with van der Waals surface area (Å²) >= 11 is 0. The Hall–Kier alpha value is -4.09. The Labute approximate surface area is 160 Å². The topological polar surface area (TPSA) is 156 Å². The van der Waals surface area contributed by atoms with E-state index in [-0.39, 0.29) is 36.3 Å². The van der Waals surface area contributed by atoms with Gasteiger partial charge in [0.15, 0.2) is 18.2 Å². The Kier molecular flexibility index (Phi) is 4.73. The van der Waals surface area contributed by atoms with E-state index in [9.17, 15) is 14.4 Å². The summed E-state index contributed by atoms with van der Waals surface area (Å²) < 4.78 is 26.1. The van der Waals surface area contributed by atoms with E-state index in [1.54, 1.807) is 29.7 Å². The molecule has 0 saturated carbocycles. The molecule has 3 aromatic heterocycles. The van der Waals surface area contributed by atoms with Crippen LogP contribution in [0.5, 0.6) is 6.01 Å². The number of fused-ring (bicyclic) bond motifs is 1. The number of para-hydroxylation sites is 1. The van der Waals surface area contributed by atoms with Crippen molar-refractivity contribution in [2.75, 3.05) is 6.61 Å². The maximum Gasteiger partial charge on any atom is 0.518 e. The van der Waals surface area contributed by atoms with Crippen LogP contribution in [0.15, 0.2) is 47.4 Å². The van der Waals surface area contributed by atoms with Crippen molar-refractivity contribution in [3.63, 3.8) is 0 Å². The maximum absolute atomic E-state index is 12.7. The number of aromatic nitrogens is 4. The highest BCUT2D eigenvalue weighted by Crippen LogP contribution is 2.26. The largest absolute Gasteiger partial charge is 0.518 e. The molecule has 0 aliphatic rings. The number of esters is 1. The first-order chi connectivity index (χ1) is 14.0. The van der Waals surface area contributed by atoms with E-state index in [1.165, 1.54) is 0 Å². The molecule has 150 valence electrons. The molecule has 0 saturated heterocycles. The number of benzene rings is 1. The molecule has 0 atom stereocenters. The summed E-state index contributed by atoms with van der Waals surface area (Å²) in [4.78, 5) is 41.6. The van der Waals surface area contributed by atoms with Gasteiger partial charge in [-0.05, 0) is 19.1 Å². The quantitative estimate of drug-likeness (QED) is 0.443. The number of ether oxygens (including phenoxy) is 2. The molecule has 3 heterocycles. The van der Waals surface area contributed by atoms with E-state index in [1.807, 2.05) is 0 Å². The minimum Gasteiger partial charge on any atom is -0.465 e. The lowest BCUT2D eigenvalue weighted by molar-refractivity contribution is 0.0445. The minimum absolute atomic E-state index is 0.0402. The Morgan fingerprint density at radius 2 is 2.17 bits per heavy atom. The number of hydrogen-bond acceptors (Lipinski definition) is 10. The van der Waals surface area contributed by atoms with Crippen LogP contribution in [-0.4, -0.2) is 32.3 Å². The van der Waals surface area contributed by atoms with E-state index < -0.39 is 17.5 Å². The molecule has 0 aliphatic carbocycles. The highest BCUT2D eigenvalue weighted by atomic mass is 16.6. The molecule has 0 bridgehead atoms. The molecule has 0 aliphatic heterocycles. The second kappa shape index (κ2) is 7.50. The number of carbonyl (C=O) groups is 1. The summed E-state index contributed by atoms with van der Waals surface area (Å²) in [5.41, 5.74) is 1.08. The summed E-state index contributed by atoms with van der Waals surface area (Å²) in [7, 11) is 0. The van der Waals surface area contributed by atoms with Gasteiger partial charge in [-0.1, -0.05) is 11.2 Å². The molecular weight excluding hydrogens is 388 g/mol. The van der Waals surface area contributed by atoms with Gasteiger partial charge < -0.3 is 18.3 Å². The molecule has 0 fully saturated rings. The third-order valence-electron chi connectivity index (χ3n) is 3.86. The molecular formula is C17H14N4O8. The zero-order chi connectivity index (χ0) is 20.4. The fraction of sp³-hybridized carbons (Fsp3) is 0.235. The number of H-pyrrole nitrogens is 1. The Morgan fingerprint density at radius 3 is 2.86 bits per heavy atom. The summed E-state index contributed by atoms with van der Waals surface area (Å²) in [5.74, 6) is -1.99. The fourth-order valence-corrected chi connectivity index (χ4v) is 2.74. The maximum atomic E-state index is 12.7. The lowest BCUT2D eigenvalue weighted by atomic mass is 10.2. The fourth-order valence-electron chi connectivity index (χ4n) is 2.74. The van der Waals surface area contributed by atoms with Crippen LogP contribution >= 0.6 is 0 Å². The van der Waals surface area contributed by atoms with Crippen LogP contribution in [0, 0.1) is 0 Å². The number of nitrogens with zero attached hydrogens (tertiary/aromatic N) is 3. The van der Waals surface area contributed by atoms with Crippen LogP contribution < -0.4 is 16.3 Å². The Morgan fingerprint density at radius 1 is 1.31 bits per heavy atom. The van der Waals surface area contributed by atoms with Gasteiger partial charge in [0.25, 0.3) is 6.01 Å². The Balaban J connectivity index is 1.72.